The summed E-state index contributed by atoms with van der Waals surface area (Å²) < 4.78 is 6.52. The van der Waals surface area contributed by atoms with Gasteiger partial charge in [0.1, 0.15) is 11.6 Å². The lowest BCUT2D eigenvalue weighted by atomic mass is 10.0. The van der Waals surface area contributed by atoms with Gasteiger partial charge >= 0.3 is 6.09 Å². The van der Waals surface area contributed by atoms with Gasteiger partial charge in [0.25, 0.3) is 0 Å². The Hall–Kier alpha value is -1.55. The smallest absolute Gasteiger partial charge is 0.408 e. The summed E-state index contributed by atoms with van der Waals surface area (Å²) in [4.78, 5) is 30.0. The summed E-state index contributed by atoms with van der Waals surface area (Å²) in [7, 11) is 0. The first-order chi connectivity index (χ1) is 16.0. The molecule has 0 aliphatic carbocycles. The average Bonchev–Trinajstić information content (AvgIpc) is 2.77. The maximum Gasteiger partial charge on any atom is 0.408 e. The van der Waals surface area contributed by atoms with Crippen LogP contribution in [0.25, 0.3) is 0 Å². The van der Waals surface area contributed by atoms with E-state index in [9.17, 15) is 9.59 Å². The second-order valence-corrected chi connectivity index (χ2v) is 11.4. The third kappa shape index (κ3) is 8.00. The van der Waals surface area contributed by atoms with Crippen molar-refractivity contribution in [1.29, 1.82) is 0 Å². The molecule has 1 heterocycles. The SMILES string of the molecule is CC(C)(C)OC(=O)NC(Cc1ccc(I)cc1)C(=O)N1CCN(Cc2cccc(Cl)c2Cl)CC1. The third-order valence-corrected chi connectivity index (χ3v) is 7.03. The van der Waals surface area contributed by atoms with Gasteiger partial charge in [-0.05, 0) is 72.7 Å². The van der Waals surface area contributed by atoms with Crippen LogP contribution in [0.5, 0.6) is 0 Å². The second-order valence-electron chi connectivity index (χ2n) is 9.34. The Morgan fingerprint density at radius 3 is 2.32 bits per heavy atom. The number of hydrogen-bond donors (Lipinski definition) is 1. The van der Waals surface area contributed by atoms with Crippen molar-refractivity contribution in [3.05, 3.63) is 67.2 Å². The predicted molar refractivity (Wildman–Crippen MR) is 144 cm³/mol. The van der Waals surface area contributed by atoms with E-state index in [1.54, 1.807) is 26.8 Å². The molecule has 1 aliphatic heterocycles. The van der Waals surface area contributed by atoms with Crippen LogP contribution in [0, 0.1) is 3.57 Å². The quantitative estimate of drug-likeness (QED) is 0.442. The number of nitrogens with zero attached hydrogens (tertiary/aromatic N) is 2. The van der Waals surface area contributed by atoms with Crippen LogP contribution >= 0.6 is 45.8 Å². The molecule has 2 aromatic rings. The van der Waals surface area contributed by atoms with Gasteiger partial charge < -0.3 is 15.0 Å². The minimum atomic E-state index is -0.705. The zero-order chi connectivity index (χ0) is 24.9. The van der Waals surface area contributed by atoms with E-state index in [1.807, 2.05) is 41.3 Å². The zero-order valence-electron chi connectivity index (χ0n) is 19.6. The molecule has 1 aliphatic rings. The fourth-order valence-electron chi connectivity index (χ4n) is 3.76. The summed E-state index contributed by atoms with van der Waals surface area (Å²) in [6.45, 7) is 8.61. The van der Waals surface area contributed by atoms with E-state index < -0.39 is 17.7 Å². The summed E-state index contributed by atoms with van der Waals surface area (Å²) in [6.07, 6.45) is -0.196. The molecule has 1 N–H and O–H groups in total. The lowest BCUT2D eigenvalue weighted by molar-refractivity contribution is -0.135. The van der Waals surface area contributed by atoms with Gasteiger partial charge in [0.15, 0.2) is 0 Å². The second kappa shape index (κ2) is 11.9. The van der Waals surface area contributed by atoms with Gasteiger partial charge in [0, 0.05) is 42.7 Å². The highest BCUT2D eigenvalue weighted by molar-refractivity contribution is 14.1. The van der Waals surface area contributed by atoms with Crippen LogP contribution in [-0.4, -0.2) is 59.6 Å². The number of piperazine rings is 1. The molecule has 34 heavy (non-hydrogen) atoms. The van der Waals surface area contributed by atoms with Gasteiger partial charge in [-0.2, -0.15) is 0 Å². The van der Waals surface area contributed by atoms with Crippen molar-refractivity contribution in [3.8, 4) is 0 Å². The topological polar surface area (TPSA) is 61.9 Å². The number of carbonyl (C=O) groups is 2. The number of rotatable bonds is 6. The van der Waals surface area contributed by atoms with Gasteiger partial charge in [-0.1, -0.05) is 47.5 Å². The highest BCUT2D eigenvalue weighted by atomic mass is 127. The predicted octanol–water partition coefficient (Wildman–Crippen LogP) is 5.38. The molecule has 0 aromatic heterocycles. The number of ether oxygens (including phenoxy) is 1. The maximum absolute atomic E-state index is 13.4. The lowest BCUT2D eigenvalue weighted by Gasteiger charge is -2.36. The van der Waals surface area contributed by atoms with Gasteiger partial charge in [-0.15, -0.1) is 0 Å². The molecule has 1 unspecified atom stereocenters. The fourth-order valence-corrected chi connectivity index (χ4v) is 4.50. The van der Waals surface area contributed by atoms with Crippen LogP contribution in [0.1, 0.15) is 31.9 Å². The Bertz CT molecular complexity index is 1000. The molecule has 0 bridgehead atoms. The molecule has 1 fully saturated rings. The Balaban J connectivity index is 1.65. The van der Waals surface area contributed by atoms with Crippen LogP contribution in [-0.2, 0) is 22.5 Å². The maximum atomic E-state index is 13.4. The molecule has 1 saturated heterocycles. The van der Waals surface area contributed by atoms with E-state index in [2.05, 4.69) is 32.8 Å². The molecule has 0 spiro atoms. The van der Waals surface area contributed by atoms with Gasteiger partial charge in [-0.25, -0.2) is 4.79 Å². The zero-order valence-corrected chi connectivity index (χ0v) is 23.3. The van der Waals surface area contributed by atoms with E-state index >= 15 is 0 Å². The number of benzene rings is 2. The minimum absolute atomic E-state index is 0.107. The van der Waals surface area contributed by atoms with E-state index in [1.165, 1.54) is 0 Å². The number of carbonyl (C=O) groups excluding carboxylic acids is 2. The molecular formula is C25H30Cl2IN3O3. The number of hydrogen-bond acceptors (Lipinski definition) is 4. The first-order valence-corrected chi connectivity index (χ1v) is 13.0. The van der Waals surface area contributed by atoms with Crippen molar-refractivity contribution in [3.63, 3.8) is 0 Å². The van der Waals surface area contributed by atoms with Crippen molar-refractivity contribution < 1.29 is 14.3 Å². The van der Waals surface area contributed by atoms with Crippen molar-refractivity contribution >= 4 is 57.8 Å². The molecule has 2 aromatic carbocycles. The van der Waals surface area contributed by atoms with Crippen molar-refractivity contribution in [2.75, 3.05) is 26.2 Å². The summed E-state index contributed by atoms with van der Waals surface area (Å²) in [5, 5.41) is 3.91. The Kier molecular flexibility index (Phi) is 9.49. The van der Waals surface area contributed by atoms with Crippen molar-refractivity contribution in [2.24, 2.45) is 0 Å². The summed E-state index contributed by atoms with van der Waals surface area (Å²) >= 11 is 14.7. The summed E-state index contributed by atoms with van der Waals surface area (Å²) in [5.74, 6) is -0.107. The normalized spacial score (nSPS) is 15.6. The number of halogens is 3. The molecule has 0 radical (unpaired) electrons. The van der Waals surface area contributed by atoms with E-state index in [0.29, 0.717) is 49.2 Å². The number of amides is 2. The number of alkyl carbamates (subject to hydrolysis) is 1. The first-order valence-electron chi connectivity index (χ1n) is 11.2. The highest BCUT2D eigenvalue weighted by Gasteiger charge is 2.30. The van der Waals surface area contributed by atoms with E-state index in [4.69, 9.17) is 27.9 Å². The molecule has 9 heteroatoms. The van der Waals surface area contributed by atoms with Crippen molar-refractivity contribution in [1.82, 2.24) is 15.1 Å². The van der Waals surface area contributed by atoms with Crippen LogP contribution in [0.2, 0.25) is 10.0 Å². The van der Waals surface area contributed by atoms with E-state index in [0.717, 1.165) is 14.7 Å². The largest absolute Gasteiger partial charge is 0.444 e. The standard InChI is InChI=1S/C25H30Cl2IN3O3/c1-25(2,3)34-24(33)29-21(15-17-7-9-19(28)10-8-17)23(32)31-13-11-30(12-14-31)16-18-5-4-6-20(26)22(18)27/h4-10,21H,11-16H2,1-3H3,(H,29,33). The third-order valence-electron chi connectivity index (χ3n) is 5.45. The molecule has 1 atom stereocenters. The Morgan fingerprint density at radius 2 is 1.71 bits per heavy atom. The Labute approximate surface area is 225 Å². The van der Waals surface area contributed by atoms with Crippen molar-refractivity contribution in [2.45, 2.75) is 45.4 Å². The molecular weight excluding hydrogens is 588 g/mol. The first kappa shape index (κ1) is 27.0. The molecule has 184 valence electrons. The monoisotopic (exact) mass is 617 g/mol. The minimum Gasteiger partial charge on any atom is -0.444 e. The lowest BCUT2D eigenvalue weighted by Crippen LogP contribution is -2.55. The molecule has 3 rings (SSSR count). The highest BCUT2D eigenvalue weighted by Crippen LogP contribution is 2.27. The van der Waals surface area contributed by atoms with Crippen LogP contribution < -0.4 is 5.32 Å². The van der Waals surface area contributed by atoms with Gasteiger partial charge in [0.05, 0.1) is 10.0 Å². The molecule has 0 saturated carbocycles. The summed E-state index contributed by atoms with van der Waals surface area (Å²) in [5.41, 5.74) is 1.30. The van der Waals surface area contributed by atoms with E-state index in [-0.39, 0.29) is 5.91 Å². The van der Waals surface area contributed by atoms with Gasteiger partial charge in [0.2, 0.25) is 5.91 Å². The molecule has 2 amide bonds. The summed E-state index contributed by atoms with van der Waals surface area (Å²) in [6, 6.07) is 12.9. The number of nitrogens with one attached hydrogen (secondary N) is 1. The molecule has 6 nitrogen and oxygen atoms in total. The fraction of sp³-hybridized carbons (Fsp3) is 0.440. The average molecular weight is 618 g/mol. The van der Waals surface area contributed by atoms with Gasteiger partial charge in [-0.3, -0.25) is 9.69 Å². The van der Waals surface area contributed by atoms with Crippen LogP contribution in [0.4, 0.5) is 4.79 Å². The van der Waals surface area contributed by atoms with Crippen LogP contribution in [0.3, 0.4) is 0 Å². The Morgan fingerprint density at radius 1 is 1.06 bits per heavy atom. The van der Waals surface area contributed by atoms with Crippen LogP contribution in [0.15, 0.2) is 42.5 Å².